The average molecular weight is 354 g/mol. The first-order valence-electron chi connectivity index (χ1n) is 8.73. The van der Waals surface area contributed by atoms with Crippen LogP contribution in [-0.2, 0) is 10.7 Å². The highest BCUT2D eigenvalue weighted by atomic mass is 19.3. The van der Waals surface area contributed by atoms with Crippen LogP contribution in [0.5, 0.6) is 0 Å². The zero-order valence-corrected chi connectivity index (χ0v) is 15.4. The van der Waals surface area contributed by atoms with E-state index in [0.29, 0.717) is 0 Å². The van der Waals surface area contributed by atoms with E-state index in [1.807, 2.05) is 27.7 Å². The molecular formula is C19H28F2N2O2. The number of carbonyl (C=O) groups excluding carboxylic acids is 1. The van der Waals surface area contributed by atoms with Crippen molar-refractivity contribution >= 4 is 6.09 Å². The third kappa shape index (κ3) is 5.14. The van der Waals surface area contributed by atoms with Crippen molar-refractivity contribution in [1.82, 2.24) is 10.2 Å². The Kier molecular flexibility index (Phi) is 6.03. The molecule has 1 aromatic carbocycles. The molecular weight excluding hydrogens is 326 g/mol. The minimum atomic E-state index is -3.21. The third-order valence-corrected chi connectivity index (χ3v) is 4.44. The predicted octanol–water partition coefficient (Wildman–Crippen LogP) is 4.08. The summed E-state index contributed by atoms with van der Waals surface area (Å²) in [4.78, 5) is 14.2. The van der Waals surface area contributed by atoms with Gasteiger partial charge in [-0.15, -0.1) is 0 Å². The maximum atomic E-state index is 14.3. The van der Waals surface area contributed by atoms with Gasteiger partial charge in [0, 0.05) is 17.1 Å². The van der Waals surface area contributed by atoms with Gasteiger partial charge in [0.05, 0.1) is 0 Å². The van der Waals surface area contributed by atoms with E-state index in [9.17, 15) is 13.6 Å². The molecule has 6 heteroatoms. The molecule has 1 aliphatic heterocycles. The summed E-state index contributed by atoms with van der Waals surface area (Å²) in [5, 5.41) is 3.24. The van der Waals surface area contributed by atoms with Crippen molar-refractivity contribution < 1.29 is 18.3 Å². The Hall–Kier alpha value is -1.69. The highest BCUT2D eigenvalue weighted by Crippen LogP contribution is 2.30. The zero-order chi connectivity index (χ0) is 18.7. The molecule has 0 unspecified atom stereocenters. The summed E-state index contributed by atoms with van der Waals surface area (Å²) in [6.07, 6.45) is 0.910. The Balaban J connectivity index is 2.06. The number of nitrogens with one attached hydrogen (secondary N) is 1. The van der Waals surface area contributed by atoms with E-state index in [-0.39, 0.29) is 11.6 Å². The van der Waals surface area contributed by atoms with Gasteiger partial charge in [-0.3, -0.25) is 0 Å². The number of piperidine rings is 1. The standard InChI is InChI=1S/C19H28F2N2O2/c1-14-5-7-15(8-6-14)19(20,21)13-25-17(24)23(18(2,3)4)16-9-11-22-12-10-16/h5-8,16,22H,9-13H2,1-4H3. The summed E-state index contributed by atoms with van der Waals surface area (Å²) in [6.45, 7) is 8.19. The van der Waals surface area contributed by atoms with Gasteiger partial charge in [-0.25, -0.2) is 4.79 Å². The number of amides is 1. The van der Waals surface area contributed by atoms with Crippen molar-refractivity contribution in [2.24, 2.45) is 0 Å². The Morgan fingerprint density at radius 1 is 1.20 bits per heavy atom. The molecule has 25 heavy (non-hydrogen) atoms. The SMILES string of the molecule is Cc1ccc(C(F)(F)COC(=O)N(C2CCNCC2)C(C)(C)C)cc1. The molecule has 4 nitrogen and oxygen atoms in total. The van der Waals surface area contributed by atoms with E-state index in [1.54, 1.807) is 17.0 Å². The Bertz CT molecular complexity index is 576. The summed E-state index contributed by atoms with van der Waals surface area (Å²) in [7, 11) is 0. The Morgan fingerprint density at radius 2 is 1.76 bits per heavy atom. The van der Waals surface area contributed by atoms with Crippen LogP contribution in [0.25, 0.3) is 0 Å². The van der Waals surface area contributed by atoms with E-state index in [1.165, 1.54) is 12.1 Å². The predicted molar refractivity (Wildman–Crippen MR) is 93.9 cm³/mol. The van der Waals surface area contributed by atoms with Crippen LogP contribution in [0.15, 0.2) is 24.3 Å². The second-order valence-corrected chi connectivity index (χ2v) is 7.65. The van der Waals surface area contributed by atoms with E-state index >= 15 is 0 Å². The number of aryl methyl sites for hydroxylation is 1. The minimum Gasteiger partial charge on any atom is -0.443 e. The molecule has 1 amide bonds. The smallest absolute Gasteiger partial charge is 0.410 e. The van der Waals surface area contributed by atoms with Crippen LogP contribution in [0.2, 0.25) is 0 Å². The van der Waals surface area contributed by atoms with E-state index < -0.39 is 24.2 Å². The van der Waals surface area contributed by atoms with Crippen molar-refractivity contribution in [3.63, 3.8) is 0 Å². The molecule has 0 bridgehead atoms. The number of ether oxygens (including phenoxy) is 1. The lowest BCUT2D eigenvalue weighted by atomic mass is 9.98. The Morgan fingerprint density at radius 3 is 2.28 bits per heavy atom. The molecule has 0 saturated carbocycles. The summed E-state index contributed by atoms with van der Waals surface area (Å²) < 4.78 is 33.7. The maximum absolute atomic E-state index is 14.3. The second kappa shape index (κ2) is 7.68. The topological polar surface area (TPSA) is 41.6 Å². The van der Waals surface area contributed by atoms with Crippen LogP contribution in [0.3, 0.4) is 0 Å². The first kappa shape index (κ1) is 19.6. The van der Waals surface area contributed by atoms with Crippen LogP contribution >= 0.6 is 0 Å². The van der Waals surface area contributed by atoms with Crippen molar-refractivity contribution in [2.45, 2.75) is 58.0 Å². The summed E-state index contributed by atoms with van der Waals surface area (Å²) in [6, 6.07) is 6.00. The monoisotopic (exact) mass is 354 g/mol. The summed E-state index contributed by atoms with van der Waals surface area (Å²) >= 11 is 0. The summed E-state index contributed by atoms with van der Waals surface area (Å²) in [5.41, 5.74) is 0.273. The fraction of sp³-hybridized carbons (Fsp3) is 0.632. The quantitative estimate of drug-likeness (QED) is 0.886. The van der Waals surface area contributed by atoms with Crippen LogP contribution < -0.4 is 5.32 Å². The van der Waals surface area contributed by atoms with Gasteiger partial charge >= 0.3 is 12.0 Å². The van der Waals surface area contributed by atoms with Gasteiger partial charge in [-0.2, -0.15) is 8.78 Å². The van der Waals surface area contributed by atoms with Crippen molar-refractivity contribution in [3.8, 4) is 0 Å². The molecule has 0 atom stereocenters. The van der Waals surface area contributed by atoms with Crippen LogP contribution in [-0.4, -0.2) is 42.3 Å². The lowest BCUT2D eigenvalue weighted by Gasteiger charge is -2.42. The largest absolute Gasteiger partial charge is 0.443 e. The van der Waals surface area contributed by atoms with E-state index in [0.717, 1.165) is 31.5 Å². The number of hydrogen-bond acceptors (Lipinski definition) is 3. The van der Waals surface area contributed by atoms with Crippen LogP contribution in [0.1, 0.15) is 44.7 Å². The van der Waals surface area contributed by atoms with Crippen molar-refractivity contribution in [2.75, 3.05) is 19.7 Å². The molecule has 0 aromatic heterocycles. The number of carbonyl (C=O) groups is 1. The number of rotatable bonds is 4. The fourth-order valence-corrected chi connectivity index (χ4v) is 3.14. The van der Waals surface area contributed by atoms with Gasteiger partial charge in [-0.05, 0) is 53.6 Å². The fourth-order valence-electron chi connectivity index (χ4n) is 3.14. The lowest BCUT2D eigenvalue weighted by molar-refractivity contribution is -0.0733. The molecule has 1 saturated heterocycles. The number of benzene rings is 1. The molecule has 1 N–H and O–H groups in total. The molecule has 0 radical (unpaired) electrons. The highest BCUT2D eigenvalue weighted by Gasteiger charge is 2.38. The third-order valence-electron chi connectivity index (χ3n) is 4.44. The number of alkyl halides is 2. The number of hydrogen-bond donors (Lipinski definition) is 1. The van der Waals surface area contributed by atoms with Gasteiger partial charge in [0.15, 0.2) is 6.61 Å². The van der Waals surface area contributed by atoms with Crippen LogP contribution in [0, 0.1) is 6.92 Å². The molecule has 0 aliphatic carbocycles. The number of halogens is 2. The summed E-state index contributed by atoms with van der Waals surface area (Å²) in [5.74, 6) is -3.21. The minimum absolute atomic E-state index is 0.00162. The lowest BCUT2D eigenvalue weighted by Crippen LogP contribution is -2.55. The van der Waals surface area contributed by atoms with Gasteiger partial charge in [0.25, 0.3) is 0 Å². The molecule has 1 fully saturated rings. The van der Waals surface area contributed by atoms with Gasteiger partial charge in [0.2, 0.25) is 0 Å². The average Bonchev–Trinajstić information content (AvgIpc) is 2.53. The van der Waals surface area contributed by atoms with Crippen molar-refractivity contribution in [1.29, 1.82) is 0 Å². The molecule has 140 valence electrons. The normalized spacial score (nSPS) is 16.6. The maximum Gasteiger partial charge on any atom is 0.410 e. The molecule has 1 aliphatic rings. The van der Waals surface area contributed by atoms with Gasteiger partial charge < -0.3 is 15.0 Å². The van der Waals surface area contributed by atoms with Crippen molar-refractivity contribution in [3.05, 3.63) is 35.4 Å². The Labute approximate surface area is 148 Å². The number of nitrogens with zero attached hydrogens (tertiary/aromatic N) is 1. The molecule has 0 spiro atoms. The first-order valence-corrected chi connectivity index (χ1v) is 8.73. The molecule has 2 rings (SSSR count). The van der Waals surface area contributed by atoms with Crippen LogP contribution in [0.4, 0.5) is 13.6 Å². The molecule has 1 aromatic rings. The zero-order valence-electron chi connectivity index (χ0n) is 15.4. The van der Waals surface area contributed by atoms with E-state index in [2.05, 4.69) is 5.32 Å². The highest BCUT2D eigenvalue weighted by molar-refractivity contribution is 5.69. The first-order chi connectivity index (χ1) is 11.6. The van der Waals surface area contributed by atoms with E-state index in [4.69, 9.17) is 4.74 Å². The van der Waals surface area contributed by atoms with Gasteiger partial charge in [0.1, 0.15) is 0 Å². The second-order valence-electron chi connectivity index (χ2n) is 7.65. The molecule has 1 heterocycles. The van der Waals surface area contributed by atoms with Gasteiger partial charge in [-0.1, -0.05) is 29.8 Å².